The molecule has 1 saturated heterocycles. The average Bonchev–Trinajstić information content (AvgIpc) is 2.11. The predicted octanol–water partition coefficient (Wildman–Crippen LogP) is 3.40. The van der Waals surface area contributed by atoms with Crippen LogP contribution in [0.2, 0.25) is 0 Å². The Labute approximate surface area is 108 Å². The predicted molar refractivity (Wildman–Crippen MR) is 76.1 cm³/mol. The molecule has 2 heteroatoms. The van der Waals surface area contributed by atoms with Crippen molar-refractivity contribution < 1.29 is 0 Å². The van der Waals surface area contributed by atoms with Gasteiger partial charge in [-0.05, 0) is 53.4 Å². The highest BCUT2D eigenvalue weighted by molar-refractivity contribution is 5.03. The van der Waals surface area contributed by atoms with Crippen molar-refractivity contribution in [1.82, 2.24) is 4.90 Å². The first-order chi connectivity index (χ1) is 7.62. The van der Waals surface area contributed by atoms with Gasteiger partial charge in [-0.2, -0.15) is 0 Å². The Hall–Kier alpha value is -0.0800. The SMILES string of the molecule is CCC(C)C(C)N1C(C)(C)CC(N)CC1(C)C. The van der Waals surface area contributed by atoms with E-state index >= 15 is 0 Å². The van der Waals surface area contributed by atoms with Crippen molar-refractivity contribution in [3.63, 3.8) is 0 Å². The molecule has 0 saturated carbocycles. The number of likely N-dealkylation sites (tertiary alicyclic amines) is 1. The lowest BCUT2D eigenvalue weighted by Gasteiger charge is -2.58. The Morgan fingerprint density at radius 2 is 1.53 bits per heavy atom. The molecule has 102 valence electrons. The molecule has 17 heavy (non-hydrogen) atoms. The number of piperidine rings is 1. The lowest BCUT2D eigenvalue weighted by atomic mass is 9.75. The summed E-state index contributed by atoms with van der Waals surface area (Å²) in [4.78, 5) is 2.72. The molecule has 2 N–H and O–H groups in total. The van der Waals surface area contributed by atoms with E-state index in [1.54, 1.807) is 0 Å². The first-order valence-electron chi connectivity index (χ1n) is 7.17. The fourth-order valence-electron chi connectivity index (χ4n) is 4.07. The van der Waals surface area contributed by atoms with Crippen LogP contribution in [-0.4, -0.2) is 28.1 Å². The Morgan fingerprint density at radius 3 is 1.88 bits per heavy atom. The van der Waals surface area contributed by atoms with E-state index in [0.717, 1.165) is 18.8 Å². The Balaban J connectivity index is 3.00. The molecule has 1 aliphatic rings. The third kappa shape index (κ3) is 3.03. The molecule has 1 aliphatic heterocycles. The van der Waals surface area contributed by atoms with Gasteiger partial charge in [0.2, 0.25) is 0 Å². The van der Waals surface area contributed by atoms with E-state index in [-0.39, 0.29) is 11.1 Å². The van der Waals surface area contributed by atoms with E-state index in [9.17, 15) is 0 Å². The Morgan fingerprint density at radius 1 is 1.12 bits per heavy atom. The molecule has 2 unspecified atom stereocenters. The van der Waals surface area contributed by atoms with Crippen molar-refractivity contribution in [3.8, 4) is 0 Å². The van der Waals surface area contributed by atoms with Gasteiger partial charge in [0.1, 0.15) is 0 Å². The van der Waals surface area contributed by atoms with Crippen molar-refractivity contribution in [3.05, 3.63) is 0 Å². The summed E-state index contributed by atoms with van der Waals surface area (Å²) in [5.41, 5.74) is 6.65. The second kappa shape index (κ2) is 4.89. The van der Waals surface area contributed by atoms with Crippen LogP contribution in [0.5, 0.6) is 0 Å². The number of hydrogen-bond acceptors (Lipinski definition) is 2. The normalized spacial score (nSPS) is 28.9. The maximum atomic E-state index is 6.23. The smallest absolute Gasteiger partial charge is 0.0176 e. The van der Waals surface area contributed by atoms with Crippen LogP contribution in [-0.2, 0) is 0 Å². The minimum Gasteiger partial charge on any atom is -0.328 e. The highest BCUT2D eigenvalue weighted by Gasteiger charge is 2.46. The van der Waals surface area contributed by atoms with Crippen LogP contribution >= 0.6 is 0 Å². The van der Waals surface area contributed by atoms with Gasteiger partial charge < -0.3 is 5.73 Å². The second-order valence-corrected chi connectivity index (χ2v) is 7.29. The van der Waals surface area contributed by atoms with Crippen LogP contribution in [0.3, 0.4) is 0 Å². The van der Waals surface area contributed by atoms with Gasteiger partial charge in [0, 0.05) is 23.2 Å². The summed E-state index contributed by atoms with van der Waals surface area (Å²) in [6, 6.07) is 0.970. The summed E-state index contributed by atoms with van der Waals surface area (Å²) in [7, 11) is 0. The van der Waals surface area contributed by atoms with E-state index < -0.39 is 0 Å². The summed E-state index contributed by atoms with van der Waals surface area (Å²) in [5.74, 6) is 0.739. The molecule has 0 aromatic heterocycles. The molecule has 0 aromatic carbocycles. The zero-order valence-electron chi connectivity index (χ0n) is 12.9. The van der Waals surface area contributed by atoms with Gasteiger partial charge in [0.15, 0.2) is 0 Å². The number of hydrogen-bond donors (Lipinski definition) is 1. The average molecular weight is 240 g/mol. The van der Waals surface area contributed by atoms with Crippen LogP contribution in [0.15, 0.2) is 0 Å². The van der Waals surface area contributed by atoms with Crippen molar-refractivity contribution in [2.24, 2.45) is 11.7 Å². The topological polar surface area (TPSA) is 29.3 Å². The fourth-order valence-corrected chi connectivity index (χ4v) is 4.07. The second-order valence-electron chi connectivity index (χ2n) is 7.29. The quantitative estimate of drug-likeness (QED) is 0.819. The van der Waals surface area contributed by atoms with E-state index in [0.29, 0.717) is 12.1 Å². The third-order valence-corrected chi connectivity index (χ3v) is 4.70. The molecule has 1 fully saturated rings. The summed E-state index contributed by atoms with van der Waals surface area (Å²) in [5, 5.41) is 0. The van der Waals surface area contributed by atoms with Gasteiger partial charge in [-0.3, -0.25) is 4.90 Å². The van der Waals surface area contributed by atoms with Crippen LogP contribution in [0.25, 0.3) is 0 Å². The minimum absolute atomic E-state index is 0.212. The largest absolute Gasteiger partial charge is 0.328 e. The van der Waals surface area contributed by atoms with Gasteiger partial charge in [-0.1, -0.05) is 20.3 Å². The van der Waals surface area contributed by atoms with E-state index in [1.807, 2.05) is 0 Å². The Bertz CT molecular complexity index is 240. The minimum atomic E-state index is 0.212. The molecule has 0 amide bonds. The van der Waals surface area contributed by atoms with Crippen LogP contribution in [0.4, 0.5) is 0 Å². The molecule has 1 rings (SSSR count). The molecule has 0 bridgehead atoms. The van der Waals surface area contributed by atoms with Crippen LogP contribution in [0.1, 0.15) is 67.7 Å². The standard InChI is InChI=1S/C15H32N2/c1-8-11(2)12(3)17-14(4,5)9-13(16)10-15(17,6)7/h11-13H,8-10,16H2,1-7H3. The molecule has 0 spiro atoms. The summed E-state index contributed by atoms with van der Waals surface area (Å²) < 4.78 is 0. The first kappa shape index (κ1) is 15.0. The maximum Gasteiger partial charge on any atom is 0.0176 e. The zero-order chi connectivity index (χ0) is 13.4. The van der Waals surface area contributed by atoms with Crippen molar-refractivity contribution in [1.29, 1.82) is 0 Å². The molecular weight excluding hydrogens is 208 g/mol. The molecule has 1 heterocycles. The van der Waals surface area contributed by atoms with Gasteiger partial charge in [0.05, 0.1) is 0 Å². The van der Waals surface area contributed by atoms with E-state index in [2.05, 4.69) is 53.4 Å². The number of nitrogens with two attached hydrogens (primary N) is 1. The van der Waals surface area contributed by atoms with Crippen molar-refractivity contribution in [2.75, 3.05) is 0 Å². The monoisotopic (exact) mass is 240 g/mol. The molecule has 0 aliphatic carbocycles. The molecule has 2 atom stereocenters. The van der Waals surface area contributed by atoms with Gasteiger partial charge in [-0.15, -0.1) is 0 Å². The number of nitrogens with zero attached hydrogens (tertiary/aromatic N) is 1. The van der Waals surface area contributed by atoms with Crippen molar-refractivity contribution >= 4 is 0 Å². The summed E-state index contributed by atoms with van der Waals surface area (Å²) in [6.45, 7) is 16.5. The maximum absolute atomic E-state index is 6.23. The summed E-state index contributed by atoms with van der Waals surface area (Å²) in [6.07, 6.45) is 3.46. The van der Waals surface area contributed by atoms with Crippen molar-refractivity contribution in [2.45, 2.75) is 90.9 Å². The molecule has 0 aromatic rings. The molecule has 2 nitrogen and oxygen atoms in total. The fraction of sp³-hybridized carbons (Fsp3) is 1.00. The van der Waals surface area contributed by atoms with Gasteiger partial charge in [0.25, 0.3) is 0 Å². The van der Waals surface area contributed by atoms with E-state index in [1.165, 1.54) is 6.42 Å². The first-order valence-corrected chi connectivity index (χ1v) is 7.17. The lowest BCUT2D eigenvalue weighted by molar-refractivity contribution is -0.0768. The van der Waals surface area contributed by atoms with Crippen LogP contribution < -0.4 is 5.73 Å². The lowest BCUT2D eigenvalue weighted by Crippen LogP contribution is -2.66. The van der Waals surface area contributed by atoms with E-state index in [4.69, 9.17) is 5.73 Å². The Kier molecular flexibility index (Phi) is 4.31. The highest BCUT2D eigenvalue weighted by Crippen LogP contribution is 2.41. The number of rotatable bonds is 3. The summed E-state index contributed by atoms with van der Waals surface area (Å²) >= 11 is 0. The molecule has 0 radical (unpaired) electrons. The molecular formula is C15H32N2. The van der Waals surface area contributed by atoms with Gasteiger partial charge >= 0.3 is 0 Å². The van der Waals surface area contributed by atoms with Crippen LogP contribution in [0, 0.1) is 5.92 Å². The third-order valence-electron chi connectivity index (χ3n) is 4.70. The zero-order valence-corrected chi connectivity index (χ0v) is 12.9. The van der Waals surface area contributed by atoms with Gasteiger partial charge in [-0.25, -0.2) is 0 Å². The highest BCUT2D eigenvalue weighted by atomic mass is 15.3.